The van der Waals surface area contributed by atoms with E-state index in [2.05, 4.69) is 72.0 Å². The minimum atomic E-state index is 0.770. The smallest absolute Gasteiger partial charge is 0.0391 e. The van der Waals surface area contributed by atoms with Crippen molar-refractivity contribution in [3.8, 4) is 0 Å². The summed E-state index contributed by atoms with van der Waals surface area (Å²) in [5, 5.41) is 6.28. The van der Waals surface area contributed by atoms with Gasteiger partial charge in [0.15, 0.2) is 0 Å². The molecule has 1 nitrogen and oxygen atoms in total. The van der Waals surface area contributed by atoms with E-state index in [1.807, 2.05) is 11.3 Å². The third-order valence-electron chi connectivity index (χ3n) is 5.65. The lowest BCUT2D eigenvalue weighted by atomic mass is 9.84. The van der Waals surface area contributed by atoms with Gasteiger partial charge in [0.1, 0.15) is 0 Å². The molecule has 0 aliphatic heterocycles. The van der Waals surface area contributed by atoms with Gasteiger partial charge in [0.25, 0.3) is 0 Å². The summed E-state index contributed by atoms with van der Waals surface area (Å²) in [7, 11) is 0. The summed E-state index contributed by atoms with van der Waals surface area (Å²) in [5.74, 6) is 0.770. The molecule has 0 radical (unpaired) electrons. The van der Waals surface area contributed by atoms with Crippen molar-refractivity contribution in [3.63, 3.8) is 0 Å². The Balaban J connectivity index is 1.41. The lowest BCUT2D eigenvalue weighted by Gasteiger charge is -2.22. The highest BCUT2D eigenvalue weighted by molar-refractivity contribution is 7.25. The summed E-state index contributed by atoms with van der Waals surface area (Å²) in [6.45, 7) is 0. The zero-order chi connectivity index (χ0) is 17.3. The zero-order valence-electron chi connectivity index (χ0n) is 14.9. The Bertz CT molecular complexity index is 1040. The normalized spacial score (nSPS) is 15.5. The molecule has 1 N–H and O–H groups in total. The second-order valence-corrected chi connectivity index (χ2v) is 8.47. The maximum Gasteiger partial charge on any atom is 0.0391 e. The fraction of sp³-hybridized carbons (Fsp3) is 0.250. The highest BCUT2D eigenvalue weighted by Gasteiger charge is 2.15. The van der Waals surface area contributed by atoms with Gasteiger partial charge in [0, 0.05) is 31.5 Å². The Morgan fingerprint density at radius 1 is 0.692 bits per heavy atom. The van der Waals surface area contributed by atoms with Crippen LogP contribution in [0.1, 0.15) is 43.6 Å². The van der Waals surface area contributed by atoms with Crippen LogP contribution in [-0.4, -0.2) is 0 Å². The maximum absolute atomic E-state index is 3.59. The number of hydrogen-bond acceptors (Lipinski definition) is 2. The topological polar surface area (TPSA) is 12.0 Å². The second kappa shape index (κ2) is 6.77. The van der Waals surface area contributed by atoms with E-state index in [9.17, 15) is 0 Å². The molecule has 0 spiro atoms. The van der Waals surface area contributed by atoms with Crippen LogP contribution in [0.15, 0.2) is 66.7 Å². The van der Waals surface area contributed by atoms with Gasteiger partial charge in [-0.1, -0.05) is 49.6 Å². The summed E-state index contributed by atoms with van der Waals surface area (Å²) >= 11 is 1.87. The van der Waals surface area contributed by atoms with Gasteiger partial charge >= 0.3 is 0 Å². The van der Waals surface area contributed by atoms with Crippen LogP contribution in [0.25, 0.3) is 20.2 Å². The molecule has 1 aliphatic rings. The van der Waals surface area contributed by atoms with Gasteiger partial charge in [0.2, 0.25) is 0 Å². The molecule has 4 aromatic rings. The van der Waals surface area contributed by atoms with E-state index in [1.54, 1.807) is 0 Å². The quantitative estimate of drug-likeness (QED) is 0.393. The zero-order valence-corrected chi connectivity index (χ0v) is 15.7. The molecule has 0 saturated heterocycles. The highest BCUT2D eigenvalue weighted by atomic mass is 32.1. The molecule has 1 heterocycles. The molecule has 0 atom stereocenters. The lowest BCUT2D eigenvalue weighted by Crippen LogP contribution is -2.04. The lowest BCUT2D eigenvalue weighted by molar-refractivity contribution is 0.443. The molecule has 26 heavy (non-hydrogen) atoms. The van der Waals surface area contributed by atoms with Gasteiger partial charge in [-0.25, -0.2) is 0 Å². The van der Waals surface area contributed by atoms with E-state index < -0.39 is 0 Å². The minimum Gasteiger partial charge on any atom is -0.356 e. The number of hydrogen-bond donors (Lipinski definition) is 1. The maximum atomic E-state index is 3.59. The van der Waals surface area contributed by atoms with E-state index in [1.165, 1.54) is 63.5 Å². The number of thiophene rings is 1. The molecule has 5 rings (SSSR count). The predicted octanol–water partition coefficient (Wildman–Crippen LogP) is 7.85. The Morgan fingerprint density at radius 3 is 2.27 bits per heavy atom. The van der Waals surface area contributed by atoms with Crippen molar-refractivity contribution in [2.75, 3.05) is 5.32 Å². The van der Waals surface area contributed by atoms with Gasteiger partial charge < -0.3 is 5.32 Å². The number of rotatable bonds is 3. The standard InChI is InChI=1S/C24H23NS/c1-2-6-17(7-3-1)18-10-12-19(13-11-18)25-20-14-15-24-22(16-20)21-8-4-5-9-23(21)26-24/h4-5,8-17,25H,1-3,6-7H2. The Kier molecular flexibility index (Phi) is 4.14. The molecule has 1 aromatic heterocycles. The number of anilines is 2. The van der Waals surface area contributed by atoms with Crippen molar-refractivity contribution in [2.45, 2.75) is 38.0 Å². The van der Waals surface area contributed by atoms with Crippen molar-refractivity contribution in [3.05, 3.63) is 72.3 Å². The van der Waals surface area contributed by atoms with E-state index in [-0.39, 0.29) is 0 Å². The van der Waals surface area contributed by atoms with Crippen LogP contribution in [-0.2, 0) is 0 Å². The fourth-order valence-corrected chi connectivity index (χ4v) is 5.33. The molecule has 1 fully saturated rings. The summed E-state index contributed by atoms with van der Waals surface area (Å²) < 4.78 is 2.71. The van der Waals surface area contributed by atoms with Gasteiger partial charge in [-0.3, -0.25) is 0 Å². The van der Waals surface area contributed by atoms with Gasteiger partial charge in [-0.15, -0.1) is 11.3 Å². The average Bonchev–Trinajstić information content (AvgIpc) is 3.07. The van der Waals surface area contributed by atoms with Crippen LogP contribution >= 0.6 is 11.3 Å². The summed E-state index contributed by atoms with van der Waals surface area (Å²) in [4.78, 5) is 0. The first-order valence-corrected chi connectivity index (χ1v) is 10.5. The van der Waals surface area contributed by atoms with Crippen molar-refractivity contribution < 1.29 is 0 Å². The molecule has 3 aromatic carbocycles. The minimum absolute atomic E-state index is 0.770. The first-order valence-electron chi connectivity index (χ1n) is 9.65. The summed E-state index contributed by atoms with van der Waals surface area (Å²) in [6.07, 6.45) is 6.90. The first kappa shape index (κ1) is 15.9. The number of nitrogens with one attached hydrogen (secondary N) is 1. The Morgan fingerprint density at radius 2 is 1.42 bits per heavy atom. The highest BCUT2D eigenvalue weighted by Crippen LogP contribution is 2.36. The third kappa shape index (κ3) is 2.99. The molecular weight excluding hydrogens is 334 g/mol. The van der Waals surface area contributed by atoms with Crippen molar-refractivity contribution in [2.24, 2.45) is 0 Å². The van der Waals surface area contributed by atoms with Crippen molar-refractivity contribution in [1.82, 2.24) is 0 Å². The predicted molar refractivity (Wildman–Crippen MR) is 115 cm³/mol. The molecular formula is C24H23NS. The first-order chi connectivity index (χ1) is 12.9. The Labute approximate surface area is 158 Å². The third-order valence-corrected chi connectivity index (χ3v) is 6.80. The SMILES string of the molecule is c1ccc2c(c1)sc1ccc(Nc3ccc(C4CCCCC4)cc3)cc12. The molecule has 130 valence electrons. The van der Waals surface area contributed by atoms with E-state index >= 15 is 0 Å². The summed E-state index contributed by atoms with van der Waals surface area (Å²) in [5.41, 5.74) is 3.84. The second-order valence-electron chi connectivity index (χ2n) is 7.39. The van der Waals surface area contributed by atoms with Crippen LogP contribution < -0.4 is 5.32 Å². The van der Waals surface area contributed by atoms with Crippen LogP contribution in [0.2, 0.25) is 0 Å². The van der Waals surface area contributed by atoms with Crippen molar-refractivity contribution in [1.29, 1.82) is 0 Å². The van der Waals surface area contributed by atoms with E-state index in [0.29, 0.717) is 0 Å². The van der Waals surface area contributed by atoms with E-state index in [0.717, 1.165) is 11.6 Å². The number of fused-ring (bicyclic) bond motifs is 3. The Hall–Kier alpha value is -2.32. The van der Waals surface area contributed by atoms with Crippen molar-refractivity contribution >= 4 is 42.9 Å². The van der Waals surface area contributed by atoms with Crippen LogP contribution in [0, 0.1) is 0 Å². The molecule has 1 aliphatic carbocycles. The van der Waals surface area contributed by atoms with E-state index in [4.69, 9.17) is 0 Å². The van der Waals surface area contributed by atoms with Crippen LogP contribution in [0.3, 0.4) is 0 Å². The average molecular weight is 358 g/mol. The number of benzene rings is 3. The van der Waals surface area contributed by atoms with Crippen LogP contribution in [0.5, 0.6) is 0 Å². The molecule has 1 saturated carbocycles. The largest absolute Gasteiger partial charge is 0.356 e. The summed E-state index contributed by atoms with van der Waals surface area (Å²) in [6, 6.07) is 24.5. The van der Waals surface area contributed by atoms with Gasteiger partial charge in [0.05, 0.1) is 0 Å². The van der Waals surface area contributed by atoms with Gasteiger partial charge in [-0.2, -0.15) is 0 Å². The monoisotopic (exact) mass is 357 g/mol. The molecule has 2 heteroatoms. The fourth-order valence-electron chi connectivity index (χ4n) is 4.25. The molecule has 0 amide bonds. The molecule has 0 unspecified atom stereocenters. The molecule has 0 bridgehead atoms. The van der Waals surface area contributed by atoms with Crippen LogP contribution in [0.4, 0.5) is 11.4 Å². The van der Waals surface area contributed by atoms with Gasteiger partial charge in [-0.05, 0) is 60.7 Å².